The Morgan fingerprint density at radius 2 is 1.77 bits per heavy atom. The van der Waals surface area contributed by atoms with Crippen LogP contribution in [0.1, 0.15) is 69.7 Å². The van der Waals surface area contributed by atoms with Gasteiger partial charge in [-0.3, -0.25) is 9.78 Å². The lowest BCUT2D eigenvalue weighted by molar-refractivity contribution is 0.0949. The maximum absolute atomic E-state index is 13.6. The predicted octanol–water partition coefficient (Wildman–Crippen LogP) is 5.35. The van der Waals surface area contributed by atoms with Crippen molar-refractivity contribution in [3.05, 3.63) is 54.4 Å². The molecule has 0 saturated carbocycles. The zero-order valence-corrected chi connectivity index (χ0v) is 24.9. The van der Waals surface area contributed by atoms with E-state index in [9.17, 15) is 13.2 Å². The lowest BCUT2D eigenvalue weighted by Crippen LogP contribution is -2.37. The first-order chi connectivity index (χ1) is 19.3. The fraction of sp³-hybridized carbons (Fsp3) is 0.516. The van der Waals surface area contributed by atoms with Crippen LogP contribution in [-0.2, 0) is 10.0 Å². The Labute approximate surface area is 239 Å². The molecule has 9 heteroatoms. The minimum Gasteiger partial charge on any atom is -0.351 e. The molecular formula is C31H43N5O3S. The van der Waals surface area contributed by atoms with E-state index in [0.29, 0.717) is 47.7 Å². The second-order valence-electron chi connectivity index (χ2n) is 10.9. The first kappa shape index (κ1) is 30.1. The van der Waals surface area contributed by atoms with E-state index in [1.54, 1.807) is 41.0 Å². The third kappa shape index (κ3) is 7.44. The number of sulfonamides is 1. The number of nitrogens with one attached hydrogen (secondary N) is 1. The Morgan fingerprint density at radius 3 is 2.42 bits per heavy atom. The highest BCUT2D eigenvalue weighted by atomic mass is 32.2. The van der Waals surface area contributed by atoms with E-state index in [1.165, 1.54) is 0 Å². The van der Waals surface area contributed by atoms with Crippen molar-refractivity contribution in [2.45, 2.75) is 64.2 Å². The van der Waals surface area contributed by atoms with E-state index in [-0.39, 0.29) is 10.8 Å². The van der Waals surface area contributed by atoms with E-state index < -0.39 is 10.0 Å². The smallest absolute Gasteiger partial charge is 0.252 e. The summed E-state index contributed by atoms with van der Waals surface area (Å²) in [7, 11) is -3.67. The number of pyridine rings is 2. The summed E-state index contributed by atoms with van der Waals surface area (Å²) in [6.45, 7) is 10.9. The van der Waals surface area contributed by atoms with E-state index in [0.717, 1.165) is 63.7 Å². The summed E-state index contributed by atoms with van der Waals surface area (Å²) in [5, 5.41) is 3.63. The second-order valence-corrected chi connectivity index (χ2v) is 12.8. The van der Waals surface area contributed by atoms with Gasteiger partial charge in [0.2, 0.25) is 10.0 Å². The van der Waals surface area contributed by atoms with Crippen LogP contribution in [0.25, 0.3) is 22.2 Å². The molecule has 216 valence electrons. The van der Waals surface area contributed by atoms with Crippen molar-refractivity contribution in [2.75, 3.05) is 39.3 Å². The molecule has 2 aromatic heterocycles. The number of nitrogens with zero attached hydrogens (tertiary/aromatic N) is 4. The highest BCUT2D eigenvalue weighted by Gasteiger charge is 2.29. The molecule has 1 amide bonds. The number of carbonyl (C=O) groups excluding carboxylic acids is 1. The Balaban J connectivity index is 1.64. The molecule has 0 bridgehead atoms. The van der Waals surface area contributed by atoms with Crippen LogP contribution in [0.2, 0.25) is 0 Å². The molecule has 0 radical (unpaired) electrons. The Kier molecular flexibility index (Phi) is 10.6. The molecule has 8 nitrogen and oxygen atoms in total. The fourth-order valence-electron chi connectivity index (χ4n) is 5.11. The van der Waals surface area contributed by atoms with Crippen LogP contribution in [0.15, 0.2) is 53.7 Å². The van der Waals surface area contributed by atoms with Gasteiger partial charge in [0.25, 0.3) is 5.91 Å². The number of amides is 1. The van der Waals surface area contributed by atoms with Gasteiger partial charge in [-0.25, -0.2) is 13.4 Å². The van der Waals surface area contributed by atoms with Crippen LogP contribution in [0, 0.1) is 5.92 Å². The molecule has 0 atom stereocenters. The van der Waals surface area contributed by atoms with Crippen molar-refractivity contribution in [3.63, 3.8) is 0 Å². The van der Waals surface area contributed by atoms with Crippen molar-refractivity contribution in [1.82, 2.24) is 24.5 Å². The van der Waals surface area contributed by atoms with Crippen LogP contribution in [-0.4, -0.2) is 72.8 Å². The standard InChI is InChI=1S/C31H43N5O3S/c1-4-6-16-35(17-7-5-2)20-15-33-31(37)28-22-30(25-9-8-14-32-23-25)34-29-11-10-26(21-27(28)29)40(38,39)36-18-12-24(3)13-19-36/h8-11,14,21-24H,4-7,12-13,15-20H2,1-3H3,(H,33,37). The Hall–Kier alpha value is -2.88. The first-order valence-electron chi connectivity index (χ1n) is 14.7. The third-order valence-electron chi connectivity index (χ3n) is 7.73. The molecule has 1 aliphatic heterocycles. The summed E-state index contributed by atoms with van der Waals surface area (Å²) in [6.07, 6.45) is 9.65. The minimum absolute atomic E-state index is 0.199. The molecule has 1 fully saturated rings. The Bertz CT molecular complexity index is 1360. The maximum Gasteiger partial charge on any atom is 0.252 e. The summed E-state index contributed by atoms with van der Waals surface area (Å²) in [4.78, 5) is 25.2. The predicted molar refractivity (Wildman–Crippen MR) is 161 cm³/mol. The number of unbranched alkanes of at least 4 members (excludes halogenated alkanes) is 2. The van der Waals surface area contributed by atoms with E-state index in [4.69, 9.17) is 4.98 Å². The summed E-state index contributed by atoms with van der Waals surface area (Å²) < 4.78 is 28.6. The zero-order valence-electron chi connectivity index (χ0n) is 24.1. The summed E-state index contributed by atoms with van der Waals surface area (Å²) in [6, 6.07) is 10.4. The van der Waals surface area contributed by atoms with E-state index in [1.807, 2.05) is 12.1 Å². The van der Waals surface area contributed by atoms with E-state index >= 15 is 0 Å². The van der Waals surface area contributed by atoms with Gasteiger partial charge >= 0.3 is 0 Å². The number of hydrogen-bond acceptors (Lipinski definition) is 6. The van der Waals surface area contributed by atoms with Gasteiger partial charge in [0.15, 0.2) is 0 Å². The highest BCUT2D eigenvalue weighted by Crippen LogP contribution is 2.29. The molecule has 0 unspecified atom stereocenters. The van der Waals surface area contributed by atoms with Gasteiger partial charge in [0.05, 0.1) is 21.7 Å². The van der Waals surface area contributed by atoms with Gasteiger partial charge in [-0.15, -0.1) is 0 Å². The van der Waals surface area contributed by atoms with Crippen molar-refractivity contribution in [2.24, 2.45) is 5.92 Å². The van der Waals surface area contributed by atoms with Gasteiger partial charge in [-0.05, 0) is 81.1 Å². The normalized spacial score (nSPS) is 15.1. The highest BCUT2D eigenvalue weighted by molar-refractivity contribution is 7.89. The molecule has 3 aromatic rings. The van der Waals surface area contributed by atoms with Gasteiger partial charge in [-0.1, -0.05) is 33.6 Å². The van der Waals surface area contributed by atoms with Gasteiger partial charge in [0, 0.05) is 49.5 Å². The third-order valence-corrected chi connectivity index (χ3v) is 9.63. The van der Waals surface area contributed by atoms with Gasteiger partial charge in [-0.2, -0.15) is 4.31 Å². The molecule has 1 aliphatic rings. The van der Waals surface area contributed by atoms with E-state index in [2.05, 4.69) is 36.0 Å². The monoisotopic (exact) mass is 565 g/mol. The molecular weight excluding hydrogens is 522 g/mol. The van der Waals surface area contributed by atoms with Gasteiger partial charge in [0.1, 0.15) is 0 Å². The first-order valence-corrected chi connectivity index (χ1v) is 16.1. The quantitative estimate of drug-likeness (QED) is 0.300. The molecule has 3 heterocycles. The largest absolute Gasteiger partial charge is 0.351 e. The van der Waals surface area contributed by atoms with Crippen molar-refractivity contribution >= 4 is 26.8 Å². The number of rotatable bonds is 13. The van der Waals surface area contributed by atoms with Crippen molar-refractivity contribution < 1.29 is 13.2 Å². The van der Waals surface area contributed by atoms with Crippen LogP contribution in [0.4, 0.5) is 0 Å². The lowest BCUT2D eigenvalue weighted by Gasteiger charge is -2.29. The molecule has 40 heavy (non-hydrogen) atoms. The number of hydrogen-bond donors (Lipinski definition) is 1. The summed E-state index contributed by atoms with van der Waals surface area (Å²) >= 11 is 0. The topological polar surface area (TPSA) is 95.5 Å². The average molecular weight is 566 g/mol. The number of benzene rings is 1. The SMILES string of the molecule is CCCCN(CCCC)CCNC(=O)c1cc(-c2cccnc2)nc2ccc(S(=O)(=O)N3CCC(C)CC3)cc12. The number of aromatic nitrogens is 2. The van der Waals surface area contributed by atoms with Crippen molar-refractivity contribution in [3.8, 4) is 11.3 Å². The van der Waals surface area contributed by atoms with Crippen LogP contribution in [0.5, 0.6) is 0 Å². The molecule has 0 aliphatic carbocycles. The second kappa shape index (κ2) is 14.1. The summed E-state index contributed by atoms with van der Waals surface area (Å²) in [5.74, 6) is 0.290. The minimum atomic E-state index is -3.67. The van der Waals surface area contributed by atoms with Crippen LogP contribution in [0.3, 0.4) is 0 Å². The fourth-order valence-corrected chi connectivity index (χ4v) is 6.61. The molecule has 1 saturated heterocycles. The maximum atomic E-state index is 13.6. The molecule has 1 N–H and O–H groups in total. The number of piperidine rings is 1. The average Bonchev–Trinajstić information content (AvgIpc) is 2.98. The molecule has 0 spiro atoms. The molecule has 1 aromatic carbocycles. The Morgan fingerprint density at radius 1 is 1.05 bits per heavy atom. The van der Waals surface area contributed by atoms with Crippen LogP contribution >= 0.6 is 0 Å². The van der Waals surface area contributed by atoms with Gasteiger partial charge < -0.3 is 10.2 Å². The van der Waals surface area contributed by atoms with Crippen molar-refractivity contribution in [1.29, 1.82) is 0 Å². The van der Waals surface area contributed by atoms with Crippen LogP contribution < -0.4 is 5.32 Å². The number of fused-ring (bicyclic) bond motifs is 1. The summed E-state index contributed by atoms with van der Waals surface area (Å²) in [5.41, 5.74) is 2.41. The lowest BCUT2D eigenvalue weighted by atomic mass is 10.0. The molecule has 4 rings (SSSR count). The zero-order chi connectivity index (χ0) is 28.5. The number of carbonyl (C=O) groups is 1.